The van der Waals surface area contributed by atoms with Crippen molar-refractivity contribution in [3.63, 3.8) is 0 Å². The predicted molar refractivity (Wildman–Crippen MR) is 36.9 cm³/mol. The molecule has 0 bridgehead atoms. The van der Waals surface area contributed by atoms with Gasteiger partial charge in [0, 0.05) is 19.4 Å². The largest absolute Gasteiger partial charge is 0.383 e. The van der Waals surface area contributed by atoms with Crippen molar-refractivity contribution in [3.8, 4) is 0 Å². The van der Waals surface area contributed by atoms with Gasteiger partial charge in [0.15, 0.2) is 0 Å². The summed E-state index contributed by atoms with van der Waals surface area (Å²) in [5, 5.41) is 2.59. The van der Waals surface area contributed by atoms with Crippen molar-refractivity contribution in [2.24, 2.45) is 0 Å². The van der Waals surface area contributed by atoms with Gasteiger partial charge in [-0.15, -0.1) is 0 Å². The summed E-state index contributed by atoms with van der Waals surface area (Å²) >= 11 is 0. The van der Waals surface area contributed by atoms with Gasteiger partial charge in [-0.2, -0.15) is 0 Å². The fourth-order valence-electron chi connectivity index (χ4n) is 0.694. The number of hydrogen-bond acceptors (Lipinski definition) is 2. The molecule has 1 rings (SSSR count). The lowest BCUT2D eigenvalue weighted by atomic mass is 10.7. The van der Waals surface area contributed by atoms with Crippen molar-refractivity contribution in [3.05, 3.63) is 22.6 Å². The van der Waals surface area contributed by atoms with Gasteiger partial charge < -0.3 is 4.74 Å². The highest BCUT2D eigenvalue weighted by Crippen LogP contribution is 1.78. The summed E-state index contributed by atoms with van der Waals surface area (Å²) in [7, 11) is 1.63. The number of rotatable bonds is 3. The quantitative estimate of drug-likeness (QED) is 0.636. The van der Waals surface area contributed by atoms with Crippen molar-refractivity contribution in [1.29, 1.82) is 0 Å². The van der Waals surface area contributed by atoms with Crippen LogP contribution in [0.3, 0.4) is 0 Å². The number of ether oxygens (including phenoxy) is 1. The fourth-order valence-corrected chi connectivity index (χ4v) is 0.694. The summed E-state index contributed by atoms with van der Waals surface area (Å²) in [6.45, 7) is 1.31. The lowest BCUT2D eigenvalue weighted by molar-refractivity contribution is 0.183. The minimum absolute atomic E-state index is 0.0731. The van der Waals surface area contributed by atoms with Crippen LogP contribution in [0.5, 0.6) is 0 Å². The van der Waals surface area contributed by atoms with Crippen molar-refractivity contribution in [2.75, 3.05) is 13.7 Å². The molecule has 0 fully saturated rings. The molecule has 0 spiro atoms. The Hall–Kier alpha value is -1.03. The Morgan fingerprint density at radius 1 is 1.80 bits per heavy atom. The van der Waals surface area contributed by atoms with Crippen LogP contribution in [0, 0.1) is 0 Å². The Morgan fingerprint density at radius 2 is 2.60 bits per heavy atom. The average Bonchev–Trinajstić information content (AvgIpc) is 2.31. The topological polar surface area (TPSA) is 47.0 Å². The van der Waals surface area contributed by atoms with Gasteiger partial charge in [-0.05, 0) is 0 Å². The SMILES string of the molecule is COCCn1ccc(=O)[nH]1. The summed E-state index contributed by atoms with van der Waals surface area (Å²) in [6.07, 6.45) is 1.70. The van der Waals surface area contributed by atoms with Crippen LogP contribution in [0.15, 0.2) is 17.1 Å². The average molecular weight is 142 g/mol. The molecule has 0 aliphatic carbocycles. The van der Waals surface area contributed by atoms with Gasteiger partial charge in [-0.25, -0.2) is 0 Å². The van der Waals surface area contributed by atoms with E-state index in [4.69, 9.17) is 4.74 Å². The van der Waals surface area contributed by atoms with Gasteiger partial charge in [0.1, 0.15) is 0 Å². The summed E-state index contributed by atoms with van der Waals surface area (Å²) in [5.41, 5.74) is -0.0731. The zero-order valence-corrected chi connectivity index (χ0v) is 5.83. The third-order valence-electron chi connectivity index (χ3n) is 1.20. The van der Waals surface area contributed by atoms with Gasteiger partial charge >= 0.3 is 0 Å². The highest BCUT2D eigenvalue weighted by atomic mass is 16.5. The van der Waals surface area contributed by atoms with Crippen LogP contribution in [-0.2, 0) is 11.3 Å². The second-order valence-corrected chi connectivity index (χ2v) is 1.98. The van der Waals surface area contributed by atoms with Gasteiger partial charge in [-0.1, -0.05) is 0 Å². The standard InChI is InChI=1S/C6H10N2O2/c1-10-5-4-8-3-2-6(9)7-8/h2-3H,4-5H2,1H3,(H,7,9). The zero-order valence-electron chi connectivity index (χ0n) is 5.83. The first kappa shape index (κ1) is 7.08. The van der Waals surface area contributed by atoms with E-state index >= 15 is 0 Å². The summed E-state index contributed by atoms with van der Waals surface area (Å²) in [4.78, 5) is 10.5. The molecular weight excluding hydrogens is 132 g/mol. The molecule has 0 aromatic carbocycles. The fraction of sp³-hybridized carbons (Fsp3) is 0.500. The highest BCUT2D eigenvalue weighted by molar-refractivity contribution is 4.79. The first-order valence-corrected chi connectivity index (χ1v) is 3.07. The summed E-state index contributed by atoms with van der Waals surface area (Å²) in [6, 6.07) is 1.48. The van der Waals surface area contributed by atoms with E-state index in [0.29, 0.717) is 13.2 Å². The number of nitrogens with zero attached hydrogens (tertiary/aromatic N) is 1. The molecule has 0 unspecified atom stereocenters. The smallest absolute Gasteiger partial charge is 0.264 e. The molecule has 4 nitrogen and oxygen atoms in total. The third-order valence-corrected chi connectivity index (χ3v) is 1.20. The van der Waals surface area contributed by atoms with Crippen LogP contribution in [0.1, 0.15) is 0 Å². The van der Waals surface area contributed by atoms with E-state index in [-0.39, 0.29) is 5.56 Å². The molecule has 0 aliphatic heterocycles. The number of hydrogen-bond donors (Lipinski definition) is 1. The number of aromatic amines is 1. The maximum atomic E-state index is 10.5. The van der Waals surface area contributed by atoms with E-state index in [1.54, 1.807) is 18.0 Å². The van der Waals surface area contributed by atoms with Crippen molar-refractivity contribution in [2.45, 2.75) is 6.54 Å². The molecule has 10 heavy (non-hydrogen) atoms. The molecule has 1 aromatic heterocycles. The Bertz CT molecular complexity index is 238. The Kier molecular flexibility index (Phi) is 2.28. The van der Waals surface area contributed by atoms with Crippen LogP contribution in [0.25, 0.3) is 0 Å². The van der Waals surface area contributed by atoms with Gasteiger partial charge in [0.2, 0.25) is 0 Å². The molecule has 0 saturated heterocycles. The molecule has 4 heteroatoms. The van der Waals surface area contributed by atoms with E-state index in [2.05, 4.69) is 5.10 Å². The minimum Gasteiger partial charge on any atom is -0.383 e. The Labute approximate surface area is 58.4 Å². The highest BCUT2D eigenvalue weighted by Gasteiger charge is 1.88. The second-order valence-electron chi connectivity index (χ2n) is 1.98. The van der Waals surface area contributed by atoms with Crippen LogP contribution < -0.4 is 5.56 Å². The van der Waals surface area contributed by atoms with Gasteiger partial charge in [0.25, 0.3) is 5.56 Å². The summed E-state index contributed by atoms with van der Waals surface area (Å²) < 4.78 is 6.50. The molecule has 0 saturated carbocycles. The first-order valence-electron chi connectivity index (χ1n) is 3.07. The van der Waals surface area contributed by atoms with Crippen LogP contribution in [0.4, 0.5) is 0 Å². The van der Waals surface area contributed by atoms with Crippen molar-refractivity contribution in [1.82, 2.24) is 9.78 Å². The minimum atomic E-state index is -0.0731. The van der Waals surface area contributed by atoms with Crippen molar-refractivity contribution >= 4 is 0 Å². The number of H-pyrrole nitrogens is 1. The molecule has 56 valence electrons. The predicted octanol–water partition coefficient (Wildman–Crippen LogP) is -0.177. The van der Waals surface area contributed by atoms with Crippen LogP contribution in [-0.4, -0.2) is 23.5 Å². The first-order chi connectivity index (χ1) is 4.83. The molecule has 0 aliphatic rings. The monoisotopic (exact) mass is 142 g/mol. The number of aromatic nitrogens is 2. The Morgan fingerprint density at radius 3 is 3.10 bits per heavy atom. The molecular formula is C6H10N2O2. The number of methoxy groups -OCH3 is 1. The Balaban J connectivity index is 2.50. The molecule has 1 aromatic rings. The van der Waals surface area contributed by atoms with Gasteiger partial charge in [0.05, 0.1) is 13.2 Å². The molecule has 1 heterocycles. The maximum Gasteiger partial charge on any atom is 0.264 e. The van der Waals surface area contributed by atoms with Crippen LogP contribution in [0.2, 0.25) is 0 Å². The van der Waals surface area contributed by atoms with Crippen molar-refractivity contribution < 1.29 is 4.74 Å². The van der Waals surface area contributed by atoms with E-state index < -0.39 is 0 Å². The van der Waals surface area contributed by atoms with Gasteiger partial charge in [-0.3, -0.25) is 14.6 Å². The van der Waals surface area contributed by atoms with E-state index in [1.807, 2.05) is 0 Å². The van der Waals surface area contributed by atoms with E-state index in [0.717, 1.165) is 0 Å². The maximum absolute atomic E-state index is 10.5. The van der Waals surface area contributed by atoms with E-state index in [9.17, 15) is 4.79 Å². The lowest BCUT2D eigenvalue weighted by Gasteiger charge is -1.98. The normalized spacial score (nSPS) is 10.1. The second kappa shape index (κ2) is 3.22. The van der Waals surface area contributed by atoms with E-state index in [1.165, 1.54) is 6.07 Å². The molecule has 0 radical (unpaired) electrons. The molecule has 0 amide bonds. The van der Waals surface area contributed by atoms with Crippen LogP contribution >= 0.6 is 0 Å². The molecule has 0 atom stereocenters. The zero-order chi connectivity index (χ0) is 7.40. The summed E-state index contributed by atoms with van der Waals surface area (Å²) in [5.74, 6) is 0. The third kappa shape index (κ3) is 1.73. The number of nitrogens with one attached hydrogen (secondary N) is 1. The molecule has 1 N–H and O–H groups in total. The lowest BCUT2D eigenvalue weighted by Crippen LogP contribution is -2.08.